The van der Waals surface area contributed by atoms with Crippen molar-refractivity contribution in [1.29, 1.82) is 0 Å². The van der Waals surface area contributed by atoms with Crippen LogP contribution in [0, 0.1) is 6.92 Å². The smallest absolute Gasteiger partial charge is 0.293 e. The van der Waals surface area contributed by atoms with Gasteiger partial charge in [0.15, 0.2) is 5.76 Å². The molecule has 3 aromatic carbocycles. The lowest BCUT2D eigenvalue weighted by atomic mass is 10.0. The van der Waals surface area contributed by atoms with Gasteiger partial charge >= 0.3 is 0 Å². The molecule has 0 saturated carbocycles. The number of carbonyl (C=O) groups is 1. The van der Waals surface area contributed by atoms with Gasteiger partial charge in [-0.1, -0.05) is 68.4 Å². The van der Waals surface area contributed by atoms with Gasteiger partial charge in [-0.2, -0.15) is 0 Å². The van der Waals surface area contributed by atoms with Crippen LogP contribution in [-0.4, -0.2) is 15.5 Å². The van der Waals surface area contributed by atoms with Crippen LogP contribution in [0.1, 0.15) is 52.8 Å². The largest absolute Gasteiger partial charge is 0.485 e. The summed E-state index contributed by atoms with van der Waals surface area (Å²) in [6.07, 6.45) is 0. The van der Waals surface area contributed by atoms with Gasteiger partial charge in [0.25, 0.3) is 5.91 Å². The zero-order chi connectivity index (χ0) is 25.1. The van der Waals surface area contributed by atoms with Crippen molar-refractivity contribution >= 4 is 22.9 Å². The van der Waals surface area contributed by atoms with E-state index in [0.717, 1.165) is 33.5 Å². The molecule has 36 heavy (non-hydrogen) atoms. The van der Waals surface area contributed by atoms with Gasteiger partial charge in [0.1, 0.15) is 18.1 Å². The lowest BCUT2D eigenvalue weighted by Gasteiger charge is -2.14. The number of para-hydroxylation sites is 2. The van der Waals surface area contributed by atoms with E-state index in [2.05, 4.69) is 48.4 Å². The van der Waals surface area contributed by atoms with E-state index in [1.165, 1.54) is 0 Å². The van der Waals surface area contributed by atoms with E-state index < -0.39 is 0 Å². The van der Waals surface area contributed by atoms with Crippen molar-refractivity contribution in [3.63, 3.8) is 0 Å². The SMILES string of the molecule is Cc1ccc(C(C)C)c(OCc2ccc(C(=O)Nc3nc4ccccc4n3Cc3ccccc3)o2)c1. The van der Waals surface area contributed by atoms with Crippen LogP contribution >= 0.6 is 0 Å². The normalized spacial score (nSPS) is 11.2. The van der Waals surface area contributed by atoms with Crippen molar-refractivity contribution in [1.82, 2.24) is 9.55 Å². The summed E-state index contributed by atoms with van der Waals surface area (Å²) in [6.45, 7) is 7.14. The third-order valence-electron chi connectivity index (χ3n) is 6.11. The zero-order valence-corrected chi connectivity index (χ0v) is 20.7. The number of imidazole rings is 1. The van der Waals surface area contributed by atoms with Gasteiger partial charge in [-0.25, -0.2) is 4.98 Å². The van der Waals surface area contributed by atoms with Crippen molar-refractivity contribution in [2.75, 3.05) is 5.32 Å². The average Bonchev–Trinajstić information content (AvgIpc) is 3.48. The Labute approximate surface area is 210 Å². The van der Waals surface area contributed by atoms with Crippen molar-refractivity contribution in [2.24, 2.45) is 0 Å². The van der Waals surface area contributed by atoms with Crippen LogP contribution < -0.4 is 10.1 Å². The number of benzene rings is 3. The number of amides is 1. The molecule has 0 spiro atoms. The molecule has 0 aliphatic rings. The lowest BCUT2D eigenvalue weighted by Crippen LogP contribution is -2.16. The van der Waals surface area contributed by atoms with Crippen LogP contribution in [0.5, 0.6) is 5.75 Å². The molecule has 0 radical (unpaired) electrons. The molecule has 0 aliphatic carbocycles. The van der Waals surface area contributed by atoms with Crippen LogP contribution in [0.2, 0.25) is 0 Å². The Morgan fingerprint density at radius 2 is 1.78 bits per heavy atom. The van der Waals surface area contributed by atoms with Gasteiger partial charge in [0.05, 0.1) is 17.6 Å². The summed E-state index contributed by atoms with van der Waals surface area (Å²) in [5.41, 5.74) is 5.15. The molecule has 0 aliphatic heterocycles. The molecule has 2 heterocycles. The van der Waals surface area contributed by atoms with Crippen LogP contribution in [0.25, 0.3) is 11.0 Å². The molecule has 1 N–H and O–H groups in total. The number of nitrogens with zero attached hydrogens (tertiary/aromatic N) is 2. The third-order valence-corrected chi connectivity index (χ3v) is 6.11. The van der Waals surface area contributed by atoms with Crippen LogP contribution in [0.4, 0.5) is 5.95 Å². The van der Waals surface area contributed by atoms with Gasteiger partial charge < -0.3 is 13.7 Å². The highest BCUT2D eigenvalue weighted by Crippen LogP contribution is 2.28. The first-order valence-corrected chi connectivity index (χ1v) is 12.1. The Kier molecular flexibility index (Phi) is 6.58. The predicted octanol–water partition coefficient (Wildman–Crippen LogP) is 6.94. The van der Waals surface area contributed by atoms with E-state index in [1.54, 1.807) is 12.1 Å². The second-order valence-corrected chi connectivity index (χ2v) is 9.20. The maximum atomic E-state index is 13.1. The standard InChI is InChI=1S/C30H29N3O3/c1-20(2)24-15-13-21(3)17-28(24)35-19-23-14-16-27(36-23)29(34)32-30-31-25-11-7-8-12-26(25)33(30)18-22-9-5-4-6-10-22/h4-17,20H,18-19H2,1-3H3,(H,31,32,34). The summed E-state index contributed by atoms with van der Waals surface area (Å²) < 4.78 is 13.9. The first kappa shape index (κ1) is 23.4. The highest BCUT2D eigenvalue weighted by Gasteiger charge is 2.18. The number of fused-ring (bicyclic) bond motifs is 1. The van der Waals surface area contributed by atoms with Gasteiger partial charge in [-0.15, -0.1) is 0 Å². The number of nitrogens with one attached hydrogen (secondary N) is 1. The fourth-order valence-electron chi connectivity index (χ4n) is 4.23. The highest BCUT2D eigenvalue weighted by molar-refractivity contribution is 6.02. The molecule has 0 fully saturated rings. The molecule has 0 saturated heterocycles. The molecular weight excluding hydrogens is 450 g/mol. The molecule has 1 amide bonds. The van der Waals surface area contributed by atoms with Crippen molar-refractivity contribution in [3.05, 3.63) is 113 Å². The molecule has 5 rings (SSSR count). The Morgan fingerprint density at radius 3 is 2.58 bits per heavy atom. The monoisotopic (exact) mass is 479 g/mol. The first-order chi connectivity index (χ1) is 17.5. The predicted molar refractivity (Wildman–Crippen MR) is 142 cm³/mol. The molecule has 0 atom stereocenters. The summed E-state index contributed by atoms with van der Waals surface area (Å²) >= 11 is 0. The minimum absolute atomic E-state index is 0.209. The fourth-order valence-corrected chi connectivity index (χ4v) is 4.23. The van der Waals surface area contributed by atoms with E-state index in [1.807, 2.05) is 60.0 Å². The summed E-state index contributed by atoms with van der Waals surface area (Å²) in [5, 5.41) is 2.93. The fraction of sp³-hybridized carbons (Fsp3) is 0.200. The number of hydrogen-bond acceptors (Lipinski definition) is 4. The minimum Gasteiger partial charge on any atom is -0.485 e. The number of hydrogen-bond donors (Lipinski definition) is 1. The number of aryl methyl sites for hydroxylation is 1. The van der Waals surface area contributed by atoms with Crippen LogP contribution in [0.3, 0.4) is 0 Å². The Morgan fingerprint density at radius 1 is 1.00 bits per heavy atom. The summed E-state index contributed by atoms with van der Waals surface area (Å²) in [7, 11) is 0. The third kappa shape index (κ3) is 5.03. The average molecular weight is 480 g/mol. The topological polar surface area (TPSA) is 69.3 Å². The Bertz CT molecular complexity index is 1500. The molecule has 6 heteroatoms. The van der Waals surface area contributed by atoms with Gasteiger partial charge in [0.2, 0.25) is 5.95 Å². The zero-order valence-electron chi connectivity index (χ0n) is 20.7. The quantitative estimate of drug-likeness (QED) is 0.262. The van der Waals surface area contributed by atoms with E-state index in [0.29, 0.717) is 24.2 Å². The minimum atomic E-state index is -0.357. The number of furan rings is 1. The lowest BCUT2D eigenvalue weighted by molar-refractivity contribution is 0.0991. The Hall–Kier alpha value is -4.32. The van der Waals surface area contributed by atoms with E-state index in [-0.39, 0.29) is 18.3 Å². The number of carbonyl (C=O) groups excluding carboxylic acids is 1. The number of aromatic nitrogens is 2. The Balaban J connectivity index is 1.33. The number of anilines is 1. The summed E-state index contributed by atoms with van der Waals surface area (Å²) in [4.78, 5) is 17.7. The molecule has 6 nitrogen and oxygen atoms in total. The van der Waals surface area contributed by atoms with Gasteiger partial charge in [-0.3, -0.25) is 10.1 Å². The maximum absolute atomic E-state index is 13.1. The van der Waals surface area contributed by atoms with Gasteiger partial charge in [-0.05, 0) is 59.9 Å². The van der Waals surface area contributed by atoms with Crippen molar-refractivity contribution in [2.45, 2.75) is 39.8 Å². The maximum Gasteiger partial charge on any atom is 0.293 e. The van der Waals surface area contributed by atoms with E-state index in [4.69, 9.17) is 9.15 Å². The van der Waals surface area contributed by atoms with Crippen LogP contribution in [0.15, 0.2) is 89.3 Å². The second-order valence-electron chi connectivity index (χ2n) is 9.20. The number of rotatable bonds is 8. The molecule has 182 valence electrons. The number of ether oxygens (including phenoxy) is 1. The summed E-state index contributed by atoms with van der Waals surface area (Å²) in [5.74, 6) is 2.08. The van der Waals surface area contributed by atoms with Crippen molar-refractivity contribution < 1.29 is 13.9 Å². The summed E-state index contributed by atoms with van der Waals surface area (Å²) in [6, 6.07) is 27.6. The van der Waals surface area contributed by atoms with Gasteiger partial charge in [0, 0.05) is 0 Å². The molecule has 5 aromatic rings. The molecule has 0 bridgehead atoms. The van der Waals surface area contributed by atoms with E-state index >= 15 is 0 Å². The molecule has 0 unspecified atom stereocenters. The van der Waals surface area contributed by atoms with Crippen LogP contribution in [-0.2, 0) is 13.2 Å². The second kappa shape index (κ2) is 10.1. The molecular formula is C30H29N3O3. The highest BCUT2D eigenvalue weighted by atomic mass is 16.5. The van der Waals surface area contributed by atoms with Crippen molar-refractivity contribution in [3.8, 4) is 5.75 Å². The van der Waals surface area contributed by atoms with E-state index in [9.17, 15) is 4.79 Å². The molecule has 2 aromatic heterocycles. The first-order valence-electron chi connectivity index (χ1n) is 12.1.